The van der Waals surface area contributed by atoms with Crippen LogP contribution in [0.1, 0.15) is 48.4 Å². The smallest absolute Gasteiger partial charge is 0.259 e. The summed E-state index contributed by atoms with van der Waals surface area (Å²) in [5, 5.41) is 13.9. The zero-order valence-electron chi connectivity index (χ0n) is 12.5. The Balaban J connectivity index is 2.03. The Morgan fingerprint density at radius 3 is 2.77 bits per heavy atom. The molecule has 0 spiro atoms. The van der Waals surface area contributed by atoms with E-state index in [-0.39, 0.29) is 11.7 Å². The van der Waals surface area contributed by atoms with Gasteiger partial charge in [0.15, 0.2) is 5.76 Å². The fourth-order valence-corrected chi connectivity index (χ4v) is 2.75. The van der Waals surface area contributed by atoms with E-state index in [4.69, 9.17) is 4.52 Å². The van der Waals surface area contributed by atoms with E-state index in [0.717, 1.165) is 32.4 Å². The van der Waals surface area contributed by atoms with E-state index in [9.17, 15) is 9.90 Å². The highest BCUT2D eigenvalue weighted by atomic mass is 16.5. The average Bonchev–Trinajstić information content (AvgIpc) is 3.01. The number of aliphatic hydroxyl groups is 1. The van der Waals surface area contributed by atoms with Crippen molar-refractivity contribution in [1.29, 1.82) is 0 Å². The summed E-state index contributed by atoms with van der Waals surface area (Å²) in [6.07, 6.45) is 5.56. The highest BCUT2D eigenvalue weighted by Gasteiger charge is 2.30. The monoisotopic (exact) mass is 301 g/mol. The summed E-state index contributed by atoms with van der Waals surface area (Å²) in [5.41, 5.74) is 1.50. The number of rotatable bonds is 3. The van der Waals surface area contributed by atoms with Gasteiger partial charge in [0.05, 0.1) is 0 Å². The molecular weight excluding hydrogens is 282 g/mol. The van der Waals surface area contributed by atoms with Gasteiger partial charge in [-0.15, -0.1) is 0 Å². The summed E-state index contributed by atoms with van der Waals surface area (Å²) in [7, 11) is 0. The molecule has 0 aromatic carbocycles. The van der Waals surface area contributed by atoms with Crippen LogP contribution in [0.3, 0.4) is 0 Å². The van der Waals surface area contributed by atoms with Gasteiger partial charge >= 0.3 is 0 Å². The van der Waals surface area contributed by atoms with Gasteiger partial charge in [-0.05, 0) is 38.3 Å². The first-order valence-corrected chi connectivity index (χ1v) is 7.56. The van der Waals surface area contributed by atoms with Crippen molar-refractivity contribution < 1.29 is 14.4 Å². The third-order valence-electron chi connectivity index (χ3n) is 3.89. The molecule has 0 radical (unpaired) electrons. The molecule has 1 saturated heterocycles. The fourth-order valence-electron chi connectivity index (χ4n) is 2.75. The van der Waals surface area contributed by atoms with Crippen molar-refractivity contribution in [1.82, 2.24) is 15.0 Å². The number of carbonyl (C=O) groups is 1. The zero-order chi connectivity index (χ0) is 15.5. The molecule has 0 bridgehead atoms. The molecule has 6 heteroatoms. The van der Waals surface area contributed by atoms with Crippen molar-refractivity contribution in [2.45, 2.75) is 32.3 Å². The summed E-state index contributed by atoms with van der Waals surface area (Å²) in [4.78, 5) is 18.7. The predicted molar refractivity (Wildman–Crippen MR) is 80.1 cm³/mol. The van der Waals surface area contributed by atoms with Crippen LogP contribution in [0.4, 0.5) is 0 Å². The predicted octanol–water partition coefficient (Wildman–Crippen LogP) is 2.42. The van der Waals surface area contributed by atoms with Gasteiger partial charge in [0, 0.05) is 31.0 Å². The fraction of sp³-hybridized carbons (Fsp3) is 0.438. The Kier molecular flexibility index (Phi) is 4.20. The molecule has 1 aliphatic rings. The molecule has 6 nitrogen and oxygen atoms in total. The number of aliphatic hydroxyl groups excluding tert-OH is 1. The molecule has 1 atom stereocenters. The molecule has 1 N–H and O–H groups in total. The first-order valence-electron chi connectivity index (χ1n) is 7.56. The van der Waals surface area contributed by atoms with Gasteiger partial charge in [0.1, 0.15) is 17.4 Å². The van der Waals surface area contributed by atoms with E-state index in [1.165, 1.54) is 0 Å². The van der Waals surface area contributed by atoms with Crippen LogP contribution in [0.15, 0.2) is 29.0 Å². The Bertz CT molecular complexity index is 646. The van der Waals surface area contributed by atoms with Crippen molar-refractivity contribution in [2.75, 3.05) is 13.1 Å². The molecule has 22 heavy (non-hydrogen) atoms. The molecular formula is C16H19N3O3. The minimum Gasteiger partial charge on any atom is -0.385 e. The Hall–Kier alpha value is -2.21. The maximum Gasteiger partial charge on any atom is 0.259 e. The maximum atomic E-state index is 12.9. The average molecular weight is 301 g/mol. The van der Waals surface area contributed by atoms with Crippen molar-refractivity contribution >= 4 is 5.91 Å². The van der Waals surface area contributed by atoms with Crippen molar-refractivity contribution in [2.24, 2.45) is 0 Å². The first-order chi connectivity index (χ1) is 10.7. The number of nitrogens with zero attached hydrogens (tertiary/aromatic N) is 3. The van der Waals surface area contributed by atoms with E-state index in [1.54, 1.807) is 25.4 Å². The number of amides is 1. The largest absolute Gasteiger partial charge is 0.385 e. The number of likely N-dealkylation sites (tertiary alicyclic amines) is 1. The summed E-state index contributed by atoms with van der Waals surface area (Å²) in [5.74, 6) is 0.0881. The van der Waals surface area contributed by atoms with E-state index >= 15 is 0 Å². The van der Waals surface area contributed by atoms with E-state index in [2.05, 4.69) is 10.1 Å². The van der Waals surface area contributed by atoms with Gasteiger partial charge in [0.2, 0.25) is 0 Å². The van der Waals surface area contributed by atoms with Crippen LogP contribution in [0.25, 0.3) is 11.3 Å². The number of aromatic nitrogens is 2. The van der Waals surface area contributed by atoms with Gasteiger partial charge in [-0.1, -0.05) is 5.16 Å². The van der Waals surface area contributed by atoms with Gasteiger partial charge in [-0.25, -0.2) is 0 Å². The van der Waals surface area contributed by atoms with E-state index < -0.39 is 6.10 Å². The van der Waals surface area contributed by atoms with Gasteiger partial charge in [-0.3, -0.25) is 9.78 Å². The zero-order valence-corrected chi connectivity index (χ0v) is 12.5. The molecule has 0 aliphatic carbocycles. The summed E-state index contributed by atoms with van der Waals surface area (Å²) < 4.78 is 5.25. The lowest BCUT2D eigenvalue weighted by Gasteiger charge is -2.26. The second-order valence-electron chi connectivity index (χ2n) is 5.54. The minimum atomic E-state index is -0.887. The molecule has 0 unspecified atom stereocenters. The SMILES string of the molecule is C[C@H](O)c1onc(-c2cccnc2)c1C(=O)N1CCCCC1. The number of pyridine rings is 1. The molecule has 1 fully saturated rings. The van der Waals surface area contributed by atoms with Gasteiger partial charge in [-0.2, -0.15) is 0 Å². The number of carbonyl (C=O) groups excluding carboxylic acids is 1. The van der Waals surface area contributed by atoms with Crippen LogP contribution in [0.5, 0.6) is 0 Å². The van der Waals surface area contributed by atoms with Crippen LogP contribution in [-0.4, -0.2) is 39.1 Å². The lowest BCUT2D eigenvalue weighted by atomic mass is 10.0. The molecule has 2 aromatic heterocycles. The molecule has 3 heterocycles. The van der Waals surface area contributed by atoms with Gasteiger partial charge in [0.25, 0.3) is 5.91 Å². The summed E-state index contributed by atoms with van der Waals surface area (Å²) in [6, 6.07) is 3.60. The van der Waals surface area contributed by atoms with Crippen molar-refractivity contribution in [3.05, 3.63) is 35.9 Å². The Labute approximate surface area is 128 Å². The lowest BCUT2D eigenvalue weighted by molar-refractivity contribution is 0.0713. The third kappa shape index (κ3) is 2.74. The van der Waals surface area contributed by atoms with Crippen LogP contribution in [-0.2, 0) is 0 Å². The number of hydrogen-bond acceptors (Lipinski definition) is 5. The summed E-state index contributed by atoms with van der Waals surface area (Å²) in [6.45, 7) is 3.03. The molecule has 3 rings (SSSR count). The van der Waals surface area contributed by atoms with Crippen LogP contribution in [0.2, 0.25) is 0 Å². The van der Waals surface area contributed by atoms with Crippen molar-refractivity contribution in [3.63, 3.8) is 0 Å². The molecule has 2 aromatic rings. The quantitative estimate of drug-likeness (QED) is 0.941. The second-order valence-corrected chi connectivity index (χ2v) is 5.54. The molecule has 116 valence electrons. The van der Waals surface area contributed by atoms with Crippen molar-refractivity contribution in [3.8, 4) is 11.3 Å². The standard InChI is InChI=1S/C16H19N3O3/c1-11(20)15-13(16(21)19-8-3-2-4-9-19)14(18-22-15)12-6-5-7-17-10-12/h5-7,10-11,20H,2-4,8-9H2,1H3/t11-/m0/s1. The third-order valence-corrected chi connectivity index (χ3v) is 3.89. The van der Waals surface area contributed by atoms with E-state index in [1.807, 2.05) is 11.0 Å². The first kappa shape index (κ1) is 14.7. The van der Waals surface area contributed by atoms with Crippen LogP contribution < -0.4 is 0 Å². The maximum absolute atomic E-state index is 12.9. The lowest BCUT2D eigenvalue weighted by Crippen LogP contribution is -2.36. The highest BCUT2D eigenvalue weighted by molar-refractivity contribution is 6.01. The molecule has 1 amide bonds. The Morgan fingerprint density at radius 1 is 1.36 bits per heavy atom. The van der Waals surface area contributed by atoms with Gasteiger partial charge < -0.3 is 14.5 Å². The van der Waals surface area contributed by atoms with Crippen LogP contribution in [0, 0.1) is 0 Å². The Morgan fingerprint density at radius 2 is 2.14 bits per heavy atom. The van der Waals surface area contributed by atoms with Crippen LogP contribution >= 0.6 is 0 Å². The number of piperidine rings is 1. The topological polar surface area (TPSA) is 79.5 Å². The highest BCUT2D eigenvalue weighted by Crippen LogP contribution is 2.30. The molecule has 1 aliphatic heterocycles. The second kappa shape index (κ2) is 6.27. The number of hydrogen-bond donors (Lipinski definition) is 1. The van der Waals surface area contributed by atoms with E-state index in [0.29, 0.717) is 16.8 Å². The normalized spacial score (nSPS) is 16.5. The summed E-state index contributed by atoms with van der Waals surface area (Å²) >= 11 is 0. The molecule has 0 saturated carbocycles. The minimum absolute atomic E-state index is 0.129.